The highest BCUT2D eigenvalue weighted by Crippen LogP contribution is 2.09. The van der Waals surface area contributed by atoms with Crippen LogP contribution in [-0.2, 0) is 0 Å². The summed E-state index contributed by atoms with van der Waals surface area (Å²) in [7, 11) is 0. The van der Waals surface area contributed by atoms with Crippen LogP contribution in [0.5, 0.6) is 0 Å². The highest BCUT2D eigenvalue weighted by Gasteiger charge is 2.11. The topological polar surface area (TPSA) is 121 Å². The van der Waals surface area contributed by atoms with E-state index in [1.807, 2.05) is 0 Å². The second kappa shape index (κ2) is 3.58. The minimum atomic E-state index is -1.04. The molecule has 0 aliphatic carbocycles. The molecule has 0 aliphatic heterocycles. The molecule has 8 nitrogen and oxygen atoms in total. The number of aromatic nitrogens is 4. The normalized spacial score (nSPS) is 10.7. The summed E-state index contributed by atoms with van der Waals surface area (Å²) in [6.45, 7) is 1.00. The summed E-state index contributed by atoms with van der Waals surface area (Å²) < 4.78 is 1.46. The molecular formula is C7H10N6O2. The largest absolute Gasteiger partial charge is 0.477 e. The Hall–Kier alpha value is -2.09. The molecule has 0 saturated heterocycles. The molecule has 0 atom stereocenters. The van der Waals surface area contributed by atoms with Crippen LogP contribution < -0.4 is 11.1 Å². The predicted molar refractivity (Wildman–Crippen MR) is 51.8 cm³/mol. The number of anilines is 1. The molecule has 2 aromatic rings. The van der Waals surface area contributed by atoms with Crippen LogP contribution in [0.3, 0.4) is 0 Å². The van der Waals surface area contributed by atoms with Crippen LogP contribution in [0.1, 0.15) is 10.5 Å². The minimum absolute atomic E-state index is 0.0655. The third kappa shape index (κ3) is 1.62. The van der Waals surface area contributed by atoms with Crippen LogP contribution in [0.4, 0.5) is 5.95 Å². The Balaban J connectivity index is 2.36. The Morgan fingerprint density at radius 3 is 3.13 bits per heavy atom. The van der Waals surface area contributed by atoms with E-state index in [0.717, 1.165) is 0 Å². The second-order valence-electron chi connectivity index (χ2n) is 2.91. The molecule has 0 amide bonds. The van der Waals surface area contributed by atoms with E-state index in [-0.39, 0.29) is 5.69 Å². The van der Waals surface area contributed by atoms with Crippen molar-refractivity contribution in [2.24, 2.45) is 5.73 Å². The minimum Gasteiger partial charge on any atom is -0.477 e. The molecule has 2 aromatic heterocycles. The van der Waals surface area contributed by atoms with Crippen molar-refractivity contribution < 1.29 is 9.90 Å². The number of H-pyrrole nitrogens is 1. The van der Waals surface area contributed by atoms with Gasteiger partial charge in [0.1, 0.15) is 5.69 Å². The number of carboxylic acids is 1. The molecule has 0 spiro atoms. The van der Waals surface area contributed by atoms with Crippen molar-refractivity contribution in [3.63, 3.8) is 0 Å². The molecule has 0 aromatic carbocycles. The molecule has 5 N–H and O–H groups in total. The average molecular weight is 210 g/mol. The number of aromatic amines is 1. The SMILES string of the molecule is NCCNc1nnc2cc(C(=O)O)[nH]n12. The van der Waals surface area contributed by atoms with Gasteiger partial charge in [0, 0.05) is 19.2 Å². The summed E-state index contributed by atoms with van der Waals surface area (Å²) in [6, 6.07) is 1.41. The molecule has 2 heterocycles. The van der Waals surface area contributed by atoms with Gasteiger partial charge in [-0.1, -0.05) is 0 Å². The molecule has 80 valence electrons. The number of nitrogens with two attached hydrogens (primary N) is 1. The number of hydrogen-bond donors (Lipinski definition) is 4. The molecule has 0 aliphatic rings. The Bertz CT molecular complexity index is 487. The lowest BCUT2D eigenvalue weighted by atomic mass is 10.4. The molecule has 0 radical (unpaired) electrons. The fraction of sp³-hybridized carbons (Fsp3) is 0.286. The van der Waals surface area contributed by atoms with E-state index in [2.05, 4.69) is 20.6 Å². The van der Waals surface area contributed by atoms with Crippen molar-refractivity contribution in [1.82, 2.24) is 19.8 Å². The van der Waals surface area contributed by atoms with E-state index < -0.39 is 5.97 Å². The van der Waals surface area contributed by atoms with Crippen molar-refractivity contribution in [1.29, 1.82) is 0 Å². The van der Waals surface area contributed by atoms with Gasteiger partial charge in [0.2, 0.25) is 5.95 Å². The molecule has 15 heavy (non-hydrogen) atoms. The lowest BCUT2D eigenvalue weighted by molar-refractivity contribution is 0.0690. The fourth-order valence-corrected chi connectivity index (χ4v) is 1.19. The molecular weight excluding hydrogens is 200 g/mol. The monoisotopic (exact) mass is 210 g/mol. The van der Waals surface area contributed by atoms with E-state index in [9.17, 15) is 4.79 Å². The van der Waals surface area contributed by atoms with E-state index in [1.54, 1.807) is 0 Å². The number of nitrogens with one attached hydrogen (secondary N) is 2. The van der Waals surface area contributed by atoms with Crippen LogP contribution >= 0.6 is 0 Å². The highest BCUT2D eigenvalue weighted by molar-refractivity contribution is 5.86. The van der Waals surface area contributed by atoms with Gasteiger partial charge in [-0.2, -0.15) is 0 Å². The molecule has 0 unspecified atom stereocenters. The molecule has 0 bridgehead atoms. The Kier molecular flexibility index (Phi) is 2.26. The van der Waals surface area contributed by atoms with Crippen LogP contribution in [0.25, 0.3) is 5.65 Å². The van der Waals surface area contributed by atoms with Gasteiger partial charge in [0.25, 0.3) is 0 Å². The summed E-state index contributed by atoms with van der Waals surface area (Å²) in [6.07, 6.45) is 0. The third-order valence-electron chi connectivity index (χ3n) is 1.85. The van der Waals surface area contributed by atoms with Crippen LogP contribution in [0.15, 0.2) is 6.07 Å². The van der Waals surface area contributed by atoms with E-state index >= 15 is 0 Å². The van der Waals surface area contributed by atoms with Crippen molar-refractivity contribution in [3.8, 4) is 0 Å². The molecule has 8 heteroatoms. The zero-order valence-electron chi connectivity index (χ0n) is 7.77. The average Bonchev–Trinajstić information content (AvgIpc) is 2.74. The highest BCUT2D eigenvalue weighted by atomic mass is 16.4. The van der Waals surface area contributed by atoms with Gasteiger partial charge in [-0.25, -0.2) is 9.31 Å². The van der Waals surface area contributed by atoms with Crippen molar-refractivity contribution in [2.45, 2.75) is 0 Å². The lowest BCUT2D eigenvalue weighted by Crippen LogP contribution is -2.15. The maximum Gasteiger partial charge on any atom is 0.353 e. The molecule has 0 fully saturated rings. The summed E-state index contributed by atoms with van der Waals surface area (Å²) in [5, 5.41) is 21.9. The number of hydrogen-bond acceptors (Lipinski definition) is 5. The van der Waals surface area contributed by atoms with Gasteiger partial charge in [-0.3, -0.25) is 5.10 Å². The van der Waals surface area contributed by atoms with Gasteiger partial charge in [-0.05, 0) is 0 Å². The fourth-order valence-electron chi connectivity index (χ4n) is 1.19. The van der Waals surface area contributed by atoms with Crippen LogP contribution in [0.2, 0.25) is 0 Å². The first kappa shape index (κ1) is 9.46. The summed E-state index contributed by atoms with van der Waals surface area (Å²) in [5.41, 5.74) is 5.83. The van der Waals surface area contributed by atoms with Crippen molar-refractivity contribution >= 4 is 17.6 Å². The van der Waals surface area contributed by atoms with Gasteiger partial charge >= 0.3 is 5.97 Å². The van der Waals surface area contributed by atoms with E-state index in [0.29, 0.717) is 24.7 Å². The number of carboxylic acid groups (broad SMARTS) is 1. The maximum atomic E-state index is 10.7. The van der Waals surface area contributed by atoms with Crippen molar-refractivity contribution in [3.05, 3.63) is 11.8 Å². The first-order valence-corrected chi connectivity index (χ1v) is 4.33. The van der Waals surface area contributed by atoms with E-state index in [4.69, 9.17) is 10.8 Å². The quantitative estimate of drug-likeness (QED) is 0.520. The zero-order valence-corrected chi connectivity index (χ0v) is 7.77. The standard InChI is InChI=1S/C7H10N6O2/c8-1-2-9-7-11-10-5-3-4(6(14)15)12-13(5)7/h3,12H,1-2,8H2,(H,9,11)(H,14,15). The first-order chi connectivity index (χ1) is 7.22. The van der Waals surface area contributed by atoms with Crippen LogP contribution in [-0.4, -0.2) is 44.0 Å². The Morgan fingerprint density at radius 2 is 2.47 bits per heavy atom. The number of aromatic carboxylic acids is 1. The van der Waals surface area contributed by atoms with Gasteiger partial charge < -0.3 is 16.2 Å². The Morgan fingerprint density at radius 1 is 1.67 bits per heavy atom. The van der Waals surface area contributed by atoms with Gasteiger partial charge in [0.15, 0.2) is 5.65 Å². The van der Waals surface area contributed by atoms with Gasteiger partial charge in [0.05, 0.1) is 0 Å². The maximum absolute atomic E-state index is 10.7. The molecule has 0 saturated carbocycles. The number of rotatable bonds is 4. The third-order valence-corrected chi connectivity index (χ3v) is 1.85. The van der Waals surface area contributed by atoms with Crippen LogP contribution in [0, 0.1) is 0 Å². The zero-order chi connectivity index (χ0) is 10.8. The predicted octanol–water partition coefficient (Wildman–Crippen LogP) is -0.874. The lowest BCUT2D eigenvalue weighted by Gasteiger charge is -1.99. The Labute approximate surface area is 84.1 Å². The first-order valence-electron chi connectivity index (χ1n) is 4.33. The number of carbonyl (C=O) groups is 1. The number of nitrogens with zero attached hydrogens (tertiary/aromatic N) is 3. The number of fused-ring (bicyclic) bond motifs is 1. The molecule has 2 rings (SSSR count). The summed E-state index contributed by atoms with van der Waals surface area (Å²) in [4.78, 5) is 10.7. The van der Waals surface area contributed by atoms with E-state index in [1.165, 1.54) is 10.6 Å². The summed E-state index contributed by atoms with van der Waals surface area (Å²) in [5.74, 6) is -0.590. The smallest absolute Gasteiger partial charge is 0.353 e. The van der Waals surface area contributed by atoms with Crippen molar-refractivity contribution in [2.75, 3.05) is 18.4 Å². The van der Waals surface area contributed by atoms with Gasteiger partial charge in [-0.15, -0.1) is 10.2 Å². The second-order valence-corrected chi connectivity index (χ2v) is 2.91. The summed E-state index contributed by atoms with van der Waals surface area (Å²) >= 11 is 0.